The van der Waals surface area contributed by atoms with E-state index >= 15 is 0 Å². The summed E-state index contributed by atoms with van der Waals surface area (Å²) in [5, 5.41) is 3.41. The lowest BCUT2D eigenvalue weighted by Crippen LogP contribution is -2.54. The molecule has 0 radical (unpaired) electrons. The molecule has 1 aromatic carbocycles. The summed E-state index contributed by atoms with van der Waals surface area (Å²) in [6.07, 6.45) is 2.24. The topological polar surface area (TPSA) is 69.6 Å². The summed E-state index contributed by atoms with van der Waals surface area (Å²) in [6, 6.07) is 7.66. The maximum atomic E-state index is 12.4. The average molecular weight is 418 g/mol. The Bertz CT molecular complexity index is 712. The number of piperazine rings is 1. The van der Waals surface area contributed by atoms with E-state index in [9.17, 15) is 4.79 Å². The van der Waals surface area contributed by atoms with Gasteiger partial charge in [-0.3, -0.25) is 14.7 Å². The first-order valence-electron chi connectivity index (χ1n) is 10.9. The first-order chi connectivity index (χ1) is 14.6. The second-order valence-electron chi connectivity index (χ2n) is 7.86. The van der Waals surface area contributed by atoms with Crippen LogP contribution in [0.5, 0.6) is 11.5 Å². The van der Waals surface area contributed by atoms with E-state index in [1.165, 1.54) is 0 Å². The zero-order valence-electron chi connectivity index (χ0n) is 18.5. The highest BCUT2D eigenvalue weighted by molar-refractivity contribution is 5.80. The van der Waals surface area contributed by atoms with E-state index in [-0.39, 0.29) is 12.0 Å². The van der Waals surface area contributed by atoms with Crippen molar-refractivity contribution in [2.45, 2.75) is 25.9 Å². The summed E-state index contributed by atoms with van der Waals surface area (Å²) >= 11 is 0. The molecule has 166 valence electrons. The fourth-order valence-corrected chi connectivity index (χ4v) is 3.92. The fourth-order valence-electron chi connectivity index (χ4n) is 3.92. The Morgan fingerprint density at radius 3 is 2.37 bits per heavy atom. The van der Waals surface area contributed by atoms with Crippen molar-refractivity contribution in [3.05, 3.63) is 24.3 Å². The summed E-state index contributed by atoms with van der Waals surface area (Å²) in [7, 11) is 3.45. The van der Waals surface area contributed by atoms with E-state index in [2.05, 4.69) is 20.1 Å². The van der Waals surface area contributed by atoms with Crippen LogP contribution in [-0.4, -0.2) is 99.2 Å². The molecule has 1 N–H and O–H groups in total. The molecule has 2 aliphatic rings. The number of para-hydroxylation sites is 2. The average Bonchev–Trinajstić information content (AvgIpc) is 3.31. The molecule has 0 spiro atoms. The molecule has 1 atom stereocenters. The molecule has 2 fully saturated rings. The number of methoxy groups -OCH3 is 1. The van der Waals surface area contributed by atoms with E-state index in [4.69, 9.17) is 9.47 Å². The highest BCUT2D eigenvalue weighted by atomic mass is 16.5. The van der Waals surface area contributed by atoms with Crippen molar-refractivity contribution in [2.24, 2.45) is 4.99 Å². The number of carbonyl (C=O) groups is 1. The number of nitrogens with zero attached hydrogens (tertiary/aromatic N) is 4. The maximum absolute atomic E-state index is 12.4. The predicted octanol–water partition coefficient (Wildman–Crippen LogP) is 1.28. The van der Waals surface area contributed by atoms with Gasteiger partial charge in [-0.15, -0.1) is 0 Å². The number of guanidine groups is 1. The van der Waals surface area contributed by atoms with Crippen molar-refractivity contribution in [1.82, 2.24) is 20.0 Å². The number of carbonyl (C=O) groups excluding carboxylic acids is 1. The molecule has 1 unspecified atom stereocenters. The fraction of sp³-hybridized carbons (Fsp3) is 0.636. The van der Waals surface area contributed by atoms with Gasteiger partial charge in [0.1, 0.15) is 6.10 Å². The molecule has 30 heavy (non-hydrogen) atoms. The molecule has 8 nitrogen and oxygen atoms in total. The molecule has 2 aliphatic heterocycles. The van der Waals surface area contributed by atoms with Crippen molar-refractivity contribution in [3.8, 4) is 11.5 Å². The number of benzene rings is 1. The van der Waals surface area contributed by atoms with Crippen molar-refractivity contribution in [2.75, 3.05) is 66.5 Å². The summed E-state index contributed by atoms with van der Waals surface area (Å²) in [5.41, 5.74) is 0. The SMILES string of the molecule is CN=C(NCC(C)Oc1ccccc1OC)N1CCN(CC(=O)N2CCCC2)CC1. The number of hydrogen-bond donors (Lipinski definition) is 1. The summed E-state index contributed by atoms with van der Waals surface area (Å²) < 4.78 is 11.4. The van der Waals surface area contributed by atoms with Crippen molar-refractivity contribution in [1.29, 1.82) is 0 Å². The predicted molar refractivity (Wildman–Crippen MR) is 118 cm³/mol. The van der Waals surface area contributed by atoms with Crippen LogP contribution in [0.2, 0.25) is 0 Å². The number of likely N-dealkylation sites (tertiary alicyclic amines) is 1. The Kier molecular flexibility index (Phi) is 8.19. The van der Waals surface area contributed by atoms with Crippen LogP contribution in [-0.2, 0) is 4.79 Å². The monoisotopic (exact) mass is 417 g/mol. The van der Waals surface area contributed by atoms with Gasteiger partial charge in [-0.05, 0) is 31.9 Å². The highest BCUT2D eigenvalue weighted by Crippen LogP contribution is 2.26. The molecule has 0 saturated carbocycles. The van der Waals surface area contributed by atoms with Gasteiger partial charge in [-0.25, -0.2) is 0 Å². The Morgan fingerprint density at radius 1 is 1.07 bits per heavy atom. The van der Waals surface area contributed by atoms with E-state index in [1.54, 1.807) is 14.2 Å². The zero-order chi connectivity index (χ0) is 21.3. The maximum Gasteiger partial charge on any atom is 0.236 e. The van der Waals surface area contributed by atoms with Gasteiger partial charge in [0.15, 0.2) is 17.5 Å². The van der Waals surface area contributed by atoms with Gasteiger partial charge in [0.25, 0.3) is 0 Å². The van der Waals surface area contributed by atoms with Crippen molar-refractivity contribution < 1.29 is 14.3 Å². The molecular formula is C22H35N5O3. The smallest absolute Gasteiger partial charge is 0.236 e. The molecule has 0 aliphatic carbocycles. The number of nitrogens with one attached hydrogen (secondary N) is 1. The minimum atomic E-state index is -0.0441. The lowest BCUT2D eigenvalue weighted by molar-refractivity contribution is -0.131. The molecule has 2 saturated heterocycles. The minimum absolute atomic E-state index is 0.0441. The van der Waals surface area contributed by atoms with Crippen LogP contribution in [0.25, 0.3) is 0 Å². The van der Waals surface area contributed by atoms with Gasteiger partial charge >= 0.3 is 0 Å². The third kappa shape index (κ3) is 6.01. The quantitative estimate of drug-likeness (QED) is 0.532. The highest BCUT2D eigenvalue weighted by Gasteiger charge is 2.24. The Labute approximate surface area is 179 Å². The second-order valence-corrected chi connectivity index (χ2v) is 7.86. The third-order valence-corrected chi connectivity index (χ3v) is 5.65. The van der Waals surface area contributed by atoms with Gasteiger partial charge in [-0.1, -0.05) is 12.1 Å². The first kappa shape index (κ1) is 22.2. The standard InChI is InChI=1S/C22H35N5O3/c1-18(30-20-9-5-4-8-19(20)29-3)16-24-22(23-2)27-14-12-25(13-15-27)17-21(28)26-10-6-7-11-26/h4-5,8-9,18H,6-7,10-17H2,1-3H3,(H,23,24). The Balaban J connectivity index is 1.41. The summed E-state index contributed by atoms with van der Waals surface area (Å²) in [5.74, 6) is 2.61. The third-order valence-electron chi connectivity index (χ3n) is 5.65. The Morgan fingerprint density at radius 2 is 1.73 bits per heavy atom. The first-order valence-corrected chi connectivity index (χ1v) is 10.9. The molecule has 1 amide bonds. The molecule has 0 aromatic heterocycles. The lowest BCUT2D eigenvalue weighted by atomic mass is 10.3. The van der Waals surface area contributed by atoms with Crippen LogP contribution in [0, 0.1) is 0 Å². The lowest BCUT2D eigenvalue weighted by Gasteiger charge is -2.36. The largest absolute Gasteiger partial charge is 0.493 e. The number of hydrogen-bond acceptors (Lipinski definition) is 5. The summed E-state index contributed by atoms with van der Waals surface area (Å²) in [4.78, 5) is 23.3. The Hall–Kier alpha value is -2.48. The van der Waals surface area contributed by atoms with Gasteiger partial charge in [0.2, 0.25) is 5.91 Å². The molecular weight excluding hydrogens is 382 g/mol. The number of ether oxygens (including phenoxy) is 2. The van der Waals surface area contributed by atoms with Crippen LogP contribution in [0.15, 0.2) is 29.3 Å². The molecule has 0 bridgehead atoms. The molecule has 3 rings (SSSR count). The van der Waals surface area contributed by atoms with E-state index in [0.717, 1.165) is 69.6 Å². The normalized spacial score (nSPS) is 19.0. The number of aliphatic imine (C=N–C) groups is 1. The zero-order valence-corrected chi connectivity index (χ0v) is 18.5. The van der Waals surface area contributed by atoms with E-state index in [1.807, 2.05) is 36.1 Å². The minimum Gasteiger partial charge on any atom is -0.493 e. The van der Waals surface area contributed by atoms with Crippen molar-refractivity contribution in [3.63, 3.8) is 0 Å². The van der Waals surface area contributed by atoms with Gasteiger partial charge in [0, 0.05) is 46.3 Å². The van der Waals surface area contributed by atoms with Gasteiger partial charge in [-0.2, -0.15) is 0 Å². The van der Waals surface area contributed by atoms with Gasteiger partial charge in [0.05, 0.1) is 20.2 Å². The second kappa shape index (κ2) is 11.1. The van der Waals surface area contributed by atoms with Gasteiger partial charge < -0.3 is 24.6 Å². The van der Waals surface area contributed by atoms with Crippen LogP contribution >= 0.6 is 0 Å². The number of rotatable bonds is 7. The van der Waals surface area contributed by atoms with Crippen molar-refractivity contribution >= 4 is 11.9 Å². The van der Waals surface area contributed by atoms with E-state index in [0.29, 0.717) is 13.1 Å². The van der Waals surface area contributed by atoms with Crippen LogP contribution < -0.4 is 14.8 Å². The van der Waals surface area contributed by atoms with E-state index < -0.39 is 0 Å². The van der Waals surface area contributed by atoms with Crippen LogP contribution in [0.4, 0.5) is 0 Å². The molecule has 8 heteroatoms. The summed E-state index contributed by atoms with van der Waals surface area (Å²) in [6.45, 7) is 8.48. The number of amides is 1. The van der Waals surface area contributed by atoms with Crippen LogP contribution in [0.3, 0.4) is 0 Å². The molecule has 1 aromatic rings. The molecule has 2 heterocycles. The van der Waals surface area contributed by atoms with Crippen LogP contribution in [0.1, 0.15) is 19.8 Å².